The Kier molecular flexibility index (Phi) is 4.53. The second kappa shape index (κ2) is 6.96. The van der Waals surface area contributed by atoms with E-state index >= 15 is 0 Å². The van der Waals surface area contributed by atoms with Gasteiger partial charge in [-0.2, -0.15) is 4.52 Å². The van der Waals surface area contributed by atoms with Crippen LogP contribution in [0.2, 0.25) is 0 Å². The fourth-order valence-electron chi connectivity index (χ4n) is 3.55. The number of benzene rings is 1. The summed E-state index contributed by atoms with van der Waals surface area (Å²) in [5, 5.41) is 8.51. The van der Waals surface area contributed by atoms with Gasteiger partial charge >= 0.3 is 0 Å². The topological polar surface area (TPSA) is 59.3 Å². The summed E-state index contributed by atoms with van der Waals surface area (Å²) in [4.78, 5) is 17.3. The van der Waals surface area contributed by atoms with Crippen molar-refractivity contribution in [2.45, 2.75) is 39.0 Å². The van der Waals surface area contributed by atoms with E-state index in [1.54, 1.807) is 6.07 Å². The SMILES string of the molecule is CCCc1cc(=O)n2nc(NCCC3Cc4ccccc4C3)sc2n1. The smallest absolute Gasteiger partial charge is 0.275 e. The molecule has 6 heteroatoms. The molecule has 2 heterocycles. The van der Waals surface area contributed by atoms with Crippen molar-refractivity contribution in [1.82, 2.24) is 14.6 Å². The minimum atomic E-state index is -0.0935. The van der Waals surface area contributed by atoms with Crippen LogP contribution in [0.25, 0.3) is 4.96 Å². The molecule has 0 fully saturated rings. The first kappa shape index (κ1) is 16.3. The first-order valence-corrected chi connectivity index (χ1v) is 9.75. The Morgan fingerprint density at radius 2 is 2.04 bits per heavy atom. The van der Waals surface area contributed by atoms with Crippen LogP contribution in [0.4, 0.5) is 5.13 Å². The van der Waals surface area contributed by atoms with Crippen LogP contribution in [0.15, 0.2) is 35.1 Å². The first-order valence-electron chi connectivity index (χ1n) is 8.93. The molecule has 1 aliphatic rings. The van der Waals surface area contributed by atoms with Crippen molar-refractivity contribution in [3.05, 3.63) is 57.5 Å². The molecule has 0 amide bonds. The number of anilines is 1. The second-order valence-electron chi connectivity index (χ2n) is 6.70. The molecule has 0 spiro atoms. The van der Waals surface area contributed by atoms with Crippen molar-refractivity contribution < 1.29 is 0 Å². The number of hydrogen-bond donors (Lipinski definition) is 1. The van der Waals surface area contributed by atoms with Gasteiger partial charge in [0.1, 0.15) is 0 Å². The summed E-state index contributed by atoms with van der Waals surface area (Å²) in [6, 6.07) is 10.3. The summed E-state index contributed by atoms with van der Waals surface area (Å²) in [5.41, 5.74) is 3.74. The monoisotopic (exact) mass is 354 g/mol. The molecule has 0 atom stereocenters. The number of aryl methyl sites for hydroxylation is 1. The summed E-state index contributed by atoms with van der Waals surface area (Å²) >= 11 is 1.45. The van der Waals surface area contributed by atoms with Crippen molar-refractivity contribution in [2.24, 2.45) is 5.92 Å². The third-order valence-corrected chi connectivity index (χ3v) is 5.63. The molecular weight excluding hydrogens is 332 g/mol. The van der Waals surface area contributed by atoms with Gasteiger partial charge in [0.05, 0.1) is 0 Å². The maximum absolute atomic E-state index is 12.1. The van der Waals surface area contributed by atoms with Crippen LogP contribution in [-0.4, -0.2) is 21.1 Å². The van der Waals surface area contributed by atoms with Gasteiger partial charge in [-0.05, 0) is 42.7 Å². The first-order chi connectivity index (χ1) is 12.2. The lowest BCUT2D eigenvalue weighted by Gasteiger charge is -2.08. The number of nitrogens with one attached hydrogen (secondary N) is 1. The molecule has 1 N–H and O–H groups in total. The van der Waals surface area contributed by atoms with E-state index in [9.17, 15) is 4.79 Å². The van der Waals surface area contributed by atoms with Crippen LogP contribution in [-0.2, 0) is 19.3 Å². The van der Waals surface area contributed by atoms with Gasteiger partial charge in [0.15, 0.2) is 0 Å². The standard InChI is InChI=1S/C19H22N4OS/c1-2-5-16-12-17(24)23-19(21-16)25-18(22-23)20-9-8-13-10-14-6-3-4-7-15(14)11-13/h3-4,6-7,12-13H,2,5,8-11H2,1H3,(H,20,22). The van der Waals surface area contributed by atoms with Crippen LogP contribution in [0.3, 0.4) is 0 Å². The van der Waals surface area contributed by atoms with Crippen molar-refractivity contribution in [3.8, 4) is 0 Å². The number of aromatic nitrogens is 3. The van der Waals surface area contributed by atoms with Crippen molar-refractivity contribution in [3.63, 3.8) is 0 Å². The molecule has 4 rings (SSSR count). The molecular formula is C19H22N4OS. The second-order valence-corrected chi connectivity index (χ2v) is 7.65. The quantitative estimate of drug-likeness (QED) is 0.738. The highest BCUT2D eigenvalue weighted by molar-refractivity contribution is 7.20. The van der Waals surface area contributed by atoms with Crippen molar-refractivity contribution in [2.75, 3.05) is 11.9 Å². The van der Waals surface area contributed by atoms with Gasteiger partial charge in [-0.1, -0.05) is 48.9 Å². The average molecular weight is 354 g/mol. The summed E-state index contributed by atoms with van der Waals surface area (Å²) in [5.74, 6) is 0.691. The molecule has 3 aromatic rings. The fourth-order valence-corrected chi connectivity index (χ4v) is 4.40. The zero-order valence-corrected chi connectivity index (χ0v) is 15.2. The Morgan fingerprint density at radius 1 is 1.28 bits per heavy atom. The molecule has 0 unspecified atom stereocenters. The Hall–Kier alpha value is -2.21. The maximum atomic E-state index is 12.1. The third kappa shape index (κ3) is 3.44. The molecule has 25 heavy (non-hydrogen) atoms. The molecule has 0 saturated heterocycles. The van der Waals surface area contributed by atoms with Gasteiger partial charge in [0, 0.05) is 18.3 Å². The fraction of sp³-hybridized carbons (Fsp3) is 0.421. The molecule has 130 valence electrons. The summed E-state index contributed by atoms with van der Waals surface area (Å²) in [6.45, 7) is 2.96. The lowest BCUT2D eigenvalue weighted by atomic mass is 10.0. The maximum Gasteiger partial charge on any atom is 0.275 e. The van der Waals surface area contributed by atoms with E-state index in [1.165, 1.54) is 39.8 Å². The minimum absolute atomic E-state index is 0.0935. The van der Waals surface area contributed by atoms with E-state index in [-0.39, 0.29) is 5.56 Å². The van der Waals surface area contributed by atoms with E-state index in [0.29, 0.717) is 10.9 Å². The van der Waals surface area contributed by atoms with E-state index in [0.717, 1.165) is 36.6 Å². The van der Waals surface area contributed by atoms with Gasteiger partial charge in [-0.3, -0.25) is 4.79 Å². The highest BCUT2D eigenvalue weighted by Gasteiger charge is 2.20. The molecule has 0 bridgehead atoms. The highest BCUT2D eigenvalue weighted by Crippen LogP contribution is 2.28. The number of nitrogens with zero attached hydrogens (tertiary/aromatic N) is 3. The number of fused-ring (bicyclic) bond motifs is 2. The minimum Gasteiger partial charge on any atom is -0.360 e. The Morgan fingerprint density at radius 3 is 2.76 bits per heavy atom. The van der Waals surface area contributed by atoms with Gasteiger partial charge in [-0.25, -0.2) is 4.98 Å². The van der Waals surface area contributed by atoms with Gasteiger partial charge in [0.2, 0.25) is 10.1 Å². The molecule has 5 nitrogen and oxygen atoms in total. The van der Waals surface area contributed by atoms with Crippen LogP contribution < -0.4 is 10.9 Å². The third-order valence-electron chi connectivity index (χ3n) is 4.77. The van der Waals surface area contributed by atoms with Gasteiger partial charge < -0.3 is 5.32 Å². The highest BCUT2D eigenvalue weighted by atomic mass is 32.1. The molecule has 2 aromatic heterocycles. The molecule has 0 aliphatic heterocycles. The van der Waals surface area contributed by atoms with Crippen LogP contribution in [0, 0.1) is 5.92 Å². The Balaban J connectivity index is 1.39. The lowest BCUT2D eigenvalue weighted by molar-refractivity contribution is 0.530. The predicted molar refractivity (Wildman–Crippen MR) is 102 cm³/mol. The molecule has 1 aliphatic carbocycles. The zero-order chi connectivity index (χ0) is 17.2. The zero-order valence-electron chi connectivity index (χ0n) is 14.4. The van der Waals surface area contributed by atoms with Crippen LogP contribution in [0.1, 0.15) is 36.6 Å². The summed E-state index contributed by atoms with van der Waals surface area (Å²) in [7, 11) is 0. The van der Waals surface area contributed by atoms with Gasteiger partial charge in [-0.15, -0.1) is 5.10 Å². The van der Waals surface area contributed by atoms with Gasteiger partial charge in [0.25, 0.3) is 5.56 Å². The number of hydrogen-bond acceptors (Lipinski definition) is 5. The number of rotatable bonds is 6. The average Bonchev–Trinajstić information content (AvgIpc) is 3.18. The molecule has 0 saturated carbocycles. The Labute approximate surface area is 150 Å². The van der Waals surface area contributed by atoms with E-state index in [1.807, 2.05) is 0 Å². The normalized spacial score (nSPS) is 14.1. The molecule has 1 aromatic carbocycles. The van der Waals surface area contributed by atoms with Crippen LogP contribution >= 0.6 is 11.3 Å². The summed E-state index contributed by atoms with van der Waals surface area (Å²) in [6.07, 6.45) is 5.25. The Bertz CT molecular complexity index is 921. The van der Waals surface area contributed by atoms with E-state index in [2.05, 4.69) is 46.6 Å². The molecule has 0 radical (unpaired) electrons. The lowest BCUT2D eigenvalue weighted by Crippen LogP contribution is -2.16. The van der Waals surface area contributed by atoms with Crippen molar-refractivity contribution in [1.29, 1.82) is 0 Å². The van der Waals surface area contributed by atoms with Crippen LogP contribution in [0.5, 0.6) is 0 Å². The summed E-state index contributed by atoms with van der Waals surface area (Å²) < 4.78 is 1.40. The van der Waals surface area contributed by atoms with Crippen molar-refractivity contribution >= 4 is 21.4 Å². The largest absolute Gasteiger partial charge is 0.360 e. The predicted octanol–water partition coefficient (Wildman–Crippen LogP) is 3.32. The van der Waals surface area contributed by atoms with E-state index < -0.39 is 0 Å². The van der Waals surface area contributed by atoms with E-state index in [4.69, 9.17) is 0 Å².